The number of nitrogens with one attached hydrogen (secondary N) is 2. The monoisotopic (exact) mass is 259 g/mol. The van der Waals surface area contributed by atoms with Crippen molar-refractivity contribution in [1.29, 1.82) is 0 Å². The van der Waals surface area contributed by atoms with Crippen molar-refractivity contribution >= 4 is 23.0 Å². The molecule has 1 aliphatic rings. The first-order valence-electron chi connectivity index (χ1n) is 6.67. The zero-order valence-electron chi connectivity index (χ0n) is 11.5. The summed E-state index contributed by atoms with van der Waals surface area (Å²) >= 11 is 0. The number of benzene rings is 1. The Morgan fingerprint density at radius 2 is 2.26 bits per heavy atom. The number of carbonyl (C=O) groups is 1. The van der Waals surface area contributed by atoms with Crippen LogP contribution in [0.15, 0.2) is 30.5 Å². The lowest BCUT2D eigenvalue weighted by Crippen LogP contribution is -2.17. The van der Waals surface area contributed by atoms with E-state index in [-0.39, 0.29) is 0 Å². The van der Waals surface area contributed by atoms with Crippen LogP contribution < -0.4 is 5.32 Å². The minimum atomic E-state index is 0.722. The average Bonchev–Trinajstić information content (AvgIpc) is 3.06. The molecule has 0 saturated carbocycles. The maximum Gasteiger partial charge on any atom is 0.209 e. The molecule has 4 heteroatoms. The maximum atomic E-state index is 10.1. The molecule has 19 heavy (non-hydrogen) atoms. The third kappa shape index (κ3) is 3.50. The van der Waals surface area contributed by atoms with E-state index in [1.165, 1.54) is 17.3 Å². The number of aromatic amines is 1. The van der Waals surface area contributed by atoms with E-state index in [2.05, 4.69) is 41.5 Å². The fraction of sp³-hybridized carbons (Fsp3) is 0.400. The Morgan fingerprint density at radius 1 is 1.42 bits per heavy atom. The second kappa shape index (κ2) is 6.27. The molecule has 4 nitrogen and oxygen atoms in total. The number of amides is 1. The van der Waals surface area contributed by atoms with Crippen LogP contribution in [0.2, 0.25) is 0 Å². The van der Waals surface area contributed by atoms with Crippen LogP contribution in [0.25, 0.3) is 10.9 Å². The van der Waals surface area contributed by atoms with Gasteiger partial charge in [0.05, 0.1) is 0 Å². The van der Waals surface area contributed by atoms with Gasteiger partial charge in [-0.2, -0.15) is 0 Å². The van der Waals surface area contributed by atoms with Crippen LogP contribution in [-0.2, 0) is 4.79 Å². The number of anilines is 1. The van der Waals surface area contributed by atoms with Crippen LogP contribution in [0.5, 0.6) is 0 Å². The lowest BCUT2D eigenvalue weighted by atomic mass is 10.2. The summed E-state index contributed by atoms with van der Waals surface area (Å²) in [6, 6.07) is 8.31. The van der Waals surface area contributed by atoms with Gasteiger partial charge in [-0.3, -0.25) is 4.79 Å². The number of H-pyrrole nitrogens is 1. The molecular formula is C15H21N3O. The average molecular weight is 259 g/mol. The van der Waals surface area contributed by atoms with Gasteiger partial charge in [-0.25, -0.2) is 0 Å². The number of likely N-dealkylation sites (tertiary alicyclic amines) is 1. The van der Waals surface area contributed by atoms with Crippen molar-refractivity contribution in [3.8, 4) is 0 Å². The first-order chi connectivity index (χ1) is 9.22. The predicted octanol–water partition coefficient (Wildman–Crippen LogP) is 2.69. The fourth-order valence-corrected chi connectivity index (χ4v) is 2.27. The Balaban J connectivity index is 0.000000148. The Hall–Kier alpha value is -1.97. The molecule has 2 aromatic rings. The van der Waals surface area contributed by atoms with E-state index in [4.69, 9.17) is 0 Å². The van der Waals surface area contributed by atoms with Gasteiger partial charge in [-0.1, -0.05) is 6.92 Å². The Labute approximate surface area is 113 Å². The van der Waals surface area contributed by atoms with Crippen molar-refractivity contribution in [1.82, 2.24) is 9.88 Å². The highest BCUT2D eigenvalue weighted by molar-refractivity contribution is 5.82. The molecule has 1 atom stereocenters. The summed E-state index contributed by atoms with van der Waals surface area (Å²) in [6.45, 7) is 4.09. The third-order valence-corrected chi connectivity index (χ3v) is 3.45. The van der Waals surface area contributed by atoms with Gasteiger partial charge in [0.25, 0.3) is 0 Å². The summed E-state index contributed by atoms with van der Waals surface area (Å²) < 4.78 is 0. The molecule has 1 saturated heterocycles. The summed E-state index contributed by atoms with van der Waals surface area (Å²) in [6.07, 6.45) is 4.06. The summed E-state index contributed by atoms with van der Waals surface area (Å²) in [7, 11) is 1.92. The summed E-state index contributed by atoms with van der Waals surface area (Å²) in [5.41, 5.74) is 2.33. The van der Waals surface area contributed by atoms with Gasteiger partial charge in [0, 0.05) is 42.9 Å². The molecule has 102 valence electrons. The van der Waals surface area contributed by atoms with E-state index >= 15 is 0 Å². The molecule has 2 N–H and O–H groups in total. The molecule has 1 aromatic carbocycles. The second-order valence-electron chi connectivity index (χ2n) is 5.02. The number of nitrogens with zero attached hydrogens (tertiary/aromatic N) is 1. The maximum absolute atomic E-state index is 10.1. The first kappa shape index (κ1) is 13.5. The molecule has 0 spiro atoms. The number of fused-ring (bicyclic) bond motifs is 1. The van der Waals surface area contributed by atoms with E-state index in [0.717, 1.165) is 31.1 Å². The van der Waals surface area contributed by atoms with Gasteiger partial charge in [0.1, 0.15) is 0 Å². The Morgan fingerprint density at radius 3 is 2.84 bits per heavy atom. The molecule has 1 aromatic heterocycles. The summed E-state index contributed by atoms with van der Waals surface area (Å²) in [5.74, 6) is 0.722. The zero-order chi connectivity index (χ0) is 13.7. The summed E-state index contributed by atoms with van der Waals surface area (Å²) in [4.78, 5) is 15.0. The number of rotatable bonds is 2. The highest BCUT2D eigenvalue weighted by Gasteiger charge is 2.15. The largest absolute Gasteiger partial charge is 0.388 e. The third-order valence-electron chi connectivity index (χ3n) is 3.45. The molecule has 0 aliphatic carbocycles. The van der Waals surface area contributed by atoms with Crippen molar-refractivity contribution in [3.63, 3.8) is 0 Å². The highest BCUT2D eigenvalue weighted by atomic mass is 16.1. The Bertz CT molecular complexity index is 535. The normalized spacial score (nSPS) is 18.0. The van der Waals surface area contributed by atoms with E-state index in [1.54, 1.807) is 0 Å². The lowest BCUT2D eigenvalue weighted by molar-refractivity contribution is -0.117. The van der Waals surface area contributed by atoms with Gasteiger partial charge in [0.2, 0.25) is 6.41 Å². The van der Waals surface area contributed by atoms with Crippen LogP contribution in [0.3, 0.4) is 0 Å². The van der Waals surface area contributed by atoms with Crippen LogP contribution in [0.1, 0.15) is 13.3 Å². The van der Waals surface area contributed by atoms with Crippen molar-refractivity contribution in [2.45, 2.75) is 13.3 Å². The standard InChI is InChI=1S/C9H10N2.C6H11NO/c1-10-8-2-3-9-7(6-8)4-5-11-9;1-6-2-3-7(4-6)5-8/h2-6,10-11H,1H3;5-6H,2-4H2,1H3. The predicted molar refractivity (Wildman–Crippen MR) is 79.3 cm³/mol. The second-order valence-corrected chi connectivity index (χ2v) is 5.02. The molecule has 1 aliphatic heterocycles. The van der Waals surface area contributed by atoms with Crippen molar-refractivity contribution in [2.24, 2.45) is 5.92 Å². The van der Waals surface area contributed by atoms with Gasteiger partial charge in [-0.05, 0) is 36.6 Å². The Kier molecular flexibility index (Phi) is 4.44. The number of hydrogen-bond acceptors (Lipinski definition) is 2. The molecular weight excluding hydrogens is 238 g/mol. The van der Waals surface area contributed by atoms with Crippen molar-refractivity contribution < 1.29 is 4.79 Å². The quantitative estimate of drug-likeness (QED) is 0.815. The smallest absolute Gasteiger partial charge is 0.209 e. The SMILES string of the molecule is CC1CCN(C=O)C1.CNc1ccc2[nH]ccc2c1. The minimum absolute atomic E-state index is 0.722. The van der Waals surface area contributed by atoms with Gasteiger partial charge in [0.15, 0.2) is 0 Å². The molecule has 0 bridgehead atoms. The minimum Gasteiger partial charge on any atom is -0.388 e. The van der Waals surface area contributed by atoms with E-state index in [0.29, 0.717) is 0 Å². The van der Waals surface area contributed by atoms with Crippen LogP contribution >= 0.6 is 0 Å². The summed E-state index contributed by atoms with van der Waals surface area (Å²) in [5, 5.41) is 4.34. The van der Waals surface area contributed by atoms with Gasteiger partial charge >= 0.3 is 0 Å². The zero-order valence-corrected chi connectivity index (χ0v) is 11.5. The number of carbonyl (C=O) groups excluding carboxylic acids is 1. The molecule has 3 rings (SSSR count). The number of hydrogen-bond donors (Lipinski definition) is 2. The van der Waals surface area contributed by atoms with Crippen molar-refractivity contribution in [3.05, 3.63) is 30.5 Å². The number of aromatic nitrogens is 1. The van der Waals surface area contributed by atoms with Crippen LogP contribution in [0.4, 0.5) is 5.69 Å². The van der Waals surface area contributed by atoms with Crippen LogP contribution in [0, 0.1) is 5.92 Å². The fourth-order valence-electron chi connectivity index (χ4n) is 2.27. The van der Waals surface area contributed by atoms with E-state index in [1.807, 2.05) is 18.1 Å². The van der Waals surface area contributed by atoms with Crippen LogP contribution in [-0.4, -0.2) is 36.4 Å². The topological polar surface area (TPSA) is 48.1 Å². The molecule has 1 unspecified atom stereocenters. The lowest BCUT2D eigenvalue weighted by Gasteiger charge is -2.04. The van der Waals surface area contributed by atoms with Gasteiger partial charge < -0.3 is 15.2 Å². The molecule has 0 radical (unpaired) electrons. The van der Waals surface area contributed by atoms with Crippen molar-refractivity contribution in [2.75, 3.05) is 25.5 Å². The van der Waals surface area contributed by atoms with E-state index in [9.17, 15) is 4.79 Å². The molecule has 2 heterocycles. The molecule has 1 amide bonds. The first-order valence-corrected chi connectivity index (χ1v) is 6.67. The van der Waals surface area contributed by atoms with E-state index < -0.39 is 0 Å². The van der Waals surface area contributed by atoms with Gasteiger partial charge in [-0.15, -0.1) is 0 Å². The highest BCUT2D eigenvalue weighted by Crippen LogP contribution is 2.16. The molecule has 1 fully saturated rings.